The fourth-order valence-electron chi connectivity index (χ4n) is 3.47. The van der Waals surface area contributed by atoms with E-state index in [-0.39, 0.29) is 17.4 Å². The molecular formula is C17H24F3N3O. The van der Waals surface area contributed by atoms with Crippen molar-refractivity contribution in [3.8, 4) is 5.88 Å². The highest BCUT2D eigenvalue weighted by molar-refractivity contribution is 5.27. The van der Waals surface area contributed by atoms with Gasteiger partial charge in [-0.25, -0.2) is 4.98 Å². The number of ether oxygens (including phenoxy) is 1. The molecule has 3 rings (SSSR count). The van der Waals surface area contributed by atoms with Gasteiger partial charge in [0.15, 0.2) is 0 Å². The quantitative estimate of drug-likeness (QED) is 0.912. The molecular weight excluding hydrogens is 319 g/mol. The van der Waals surface area contributed by atoms with Crippen molar-refractivity contribution in [1.82, 2.24) is 15.2 Å². The highest BCUT2D eigenvalue weighted by atomic mass is 19.4. The molecule has 0 aromatic carbocycles. The van der Waals surface area contributed by atoms with Gasteiger partial charge in [-0.3, -0.25) is 4.90 Å². The molecule has 0 spiro atoms. The number of rotatable bonds is 4. The van der Waals surface area contributed by atoms with E-state index in [1.54, 1.807) is 6.07 Å². The Kier molecular flexibility index (Phi) is 4.75. The van der Waals surface area contributed by atoms with Crippen molar-refractivity contribution in [3.63, 3.8) is 0 Å². The first-order valence-corrected chi connectivity index (χ1v) is 8.39. The zero-order chi connectivity index (χ0) is 17.4. The zero-order valence-electron chi connectivity index (χ0n) is 14.1. The van der Waals surface area contributed by atoms with Crippen LogP contribution in [0.25, 0.3) is 0 Å². The number of pyridine rings is 1. The summed E-state index contributed by atoms with van der Waals surface area (Å²) in [5.74, 6) is 0.0894. The lowest BCUT2D eigenvalue weighted by atomic mass is 9.84. The van der Waals surface area contributed by atoms with Crippen LogP contribution >= 0.6 is 0 Å². The van der Waals surface area contributed by atoms with E-state index in [1.165, 1.54) is 0 Å². The van der Waals surface area contributed by atoms with E-state index in [0.29, 0.717) is 12.1 Å². The SMILES string of the molecule is CC1(C)CN(Cc2cc(OC3CCNCC3)nc(C(F)(F)F)c2)C1. The second kappa shape index (κ2) is 6.52. The van der Waals surface area contributed by atoms with Crippen molar-refractivity contribution in [1.29, 1.82) is 0 Å². The van der Waals surface area contributed by atoms with Gasteiger partial charge in [0.1, 0.15) is 11.8 Å². The third-order valence-corrected chi connectivity index (χ3v) is 4.44. The molecule has 3 heterocycles. The van der Waals surface area contributed by atoms with Crippen molar-refractivity contribution in [2.75, 3.05) is 26.2 Å². The van der Waals surface area contributed by atoms with Crippen LogP contribution in [0, 0.1) is 5.41 Å². The van der Waals surface area contributed by atoms with Crippen molar-refractivity contribution < 1.29 is 17.9 Å². The van der Waals surface area contributed by atoms with Crippen LogP contribution in [0.4, 0.5) is 13.2 Å². The van der Waals surface area contributed by atoms with Gasteiger partial charge in [0.2, 0.25) is 5.88 Å². The molecule has 1 aromatic heterocycles. The van der Waals surface area contributed by atoms with Crippen LogP contribution < -0.4 is 10.1 Å². The van der Waals surface area contributed by atoms with Crippen LogP contribution in [0.2, 0.25) is 0 Å². The van der Waals surface area contributed by atoms with Crippen LogP contribution in [0.5, 0.6) is 5.88 Å². The first kappa shape index (κ1) is 17.5. The lowest BCUT2D eigenvalue weighted by molar-refractivity contribution is -0.141. The molecule has 134 valence electrons. The van der Waals surface area contributed by atoms with E-state index in [1.807, 2.05) is 0 Å². The minimum absolute atomic E-state index is 0.0713. The molecule has 0 radical (unpaired) electrons. The lowest BCUT2D eigenvalue weighted by Crippen LogP contribution is -2.52. The summed E-state index contributed by atoms with van der Waals surface area (Å²) in [6.45, 7) is 8.23. The number of hydrogen-bond donors (Lipinski definition) is 1. The summed E-state index contributed by atoms with van der Waals surface area (Å²) < 4.78 is 45.2. The highest BCUT2D eigenvalue weighted by Crippen LogP contribution is 2.33. The Labute approximate surface area is 140 Å². The van der Waals surface area contributed by atoms with Crippen molar-refractivity contribution in [3.05, 3.63) is 23.4 Å². The summed E-state index contributed by atoms with van der Waals surface area (Å²) in [6.07, 6.45) is -2.96. The van der Waals surface area contributed by atoms with Crippen molar-refractivity contribution >= 4 is 0 Å². The monoisotopic (exact) mass is 343 g/mol. The molecule has 24 heavy (non-hydrogen) atoms. The Morgan fingerprint density at radius 1 is 1.25 bits per heavy atom. The summed E-state index contributed by atoms with van der Waals surface area (Å²) in [5.41, 5.74) is -0.0191. The number of nitrogens with zero attached hydrogens (tertiary/aromatic N) is 2. The molecule has 2 aliphatic rings. The predicted molar refractivity (Wildman–Crippen MR) is 84.8 cm³/mol. The summed E-state index contributed by atoms with van der Waals surface area (Å²) in [4.78, 5) is 5.84. The first-order chi connectivity index (χ1) is 11.2. The van der Waals surface area contributed by atoms with Gasteiger partial charge in [-0.15, -0.1) is 0 Å². The standard InChI is InChI=1S/C17H24F3N3O/c1-16(2)10-23(11-16)9-12-7-14(17(18,19)20)22-15(8-12)24-13-3-5-21-6-4-13/h7-8,13,21H,3-6,9-11H2,1-2H3. The third kappa shape index (κ3) is 4.39. The van der Waals surface area contributed by atoms with E-state index in [4.69, 9.17) is 4.74 Å². The normalized spacial score (nSPS) is 22.2. The molecule has 1 N–H and O–H groups in total. The molecule has 2 saturated heterocycles. The molecule has 0 unspecified atom stereocenters. The van der Waals surface area contributed by atoms with Crippen molar-refractivity contribution in [2.24, 2.45) is 5.41 Å². The number of halogens is 3. The molecule has 0 amide bonds. The highest BCUT2D eigenvalue weighted by Gasteiger charge is 2.36. The molecule has 0 aliphatic carbocycles. The van der Waals surface area contributed by atoms with E-state index >= 15 is 0 Å². The van der Waals surface area contributed by atoms with Crippen LogP contribution in [-0.2, 0) is 12.7 Å². The van der Waals surface area contributed by atoms with Gasteiger partial charge in [-0.1, -0.05) is 13.8 Å². The minimum Gasteiger partial charge on any atom is -0.474 e. The largest absolute Gasteiger partial charge is 0.474 e. The fraction of sp³-hybridized carbons (Fsp3) is 0.706. The Bertz CT molecular complexity index is 575. The molecule has 4 nitrogen and oxygen atoms in total. The molecule has 0 bridgehead atoms. The maximum Gasteiger partial charge on any atom is 0.433 e. The molecule has 0 saturated carbocycles. The Morgan fingerprint density at radius 3 is 2.50 bits per heavy atom. The maximum atomic E-state index is 13.1. The number of nitrogens with one attached hydrogen (secondary N) is 1. The van der Waals surface area contributed by atoms with Gasteiger partial charge in [0.25, 0.3) is 0 Å². The van der Waals surface area contributed by atoms with Gasteiger partial charge >= 0.3 is 6.18 Å². The average Bonchev–Trinajstić information content (AvgIpc) is 2.45. The van der Waals surface area contributed by atoms with Crippen molar-refractivity contribution in [2.45, 2.75) is 45.5 Å². The van der Waals surface area contributed by atoms with Crippen LogP contribution in [0.15, 0.2) is 12.1 Å². The molecule has 7 heteroatoms. The summed E-state index contributed by atoms with van der Waals surface area (Å²) in [7, 11) is 0. The number of aromatic nitrogens is 1. The van der Waals surface area contributed by atoms with Gasteiger partial charge in [0.05, 0.1) is 0 Å². The van der Waals surface area contributed by atoms with Gasteiger partial charge in [-0.05, 0) is 43.0 Å². The van der Waals surface area contributed by atoms with Gasteiger partial charge in [0, 0.05) is 25.7 Å². The van der Waals surface area contributed by atoms with E-state index < -0.39 is 11.9 Å². The molecule has 2 fully saturated rings. The molecule has 0 atom stereocenters. The molecule has 2 aliphatic heterocycles. The van der Waals surface area contributed by atoms with E-state index in [2.05, 4.69) is 29.0 Å². The topological polar surface area (TPSA) is 37.4 Å². The number of likely N-dealkylation sites (tertiary alicyclic amines) is 1. The van der Waals surface area contributed by atoms with Gasteiger partial charge in [-0.2, -0.15) is 13.2 Å². The predicted octanol–water partition coefficient (Wildman–Crippen LogP) is 3.07. The number of alkyl halides is 3. The Balaban J connectivity index is 1.75. The zero-order valence-corrected chi connectivity index (χ0v) is 14.1. The smallest absolute Gasteiger partial charge is 0.433 e. The van der Waals surface area contributed by atoms with Gasteiger partial charge < -0.3 is 10.1 Å². The van der Waals surface area contributed by atoms with Crippen LogP contribution in [-0.4, -0.2) is 42.2 Å². The third-order valence-electron chi connectivity index (χ3n) is 4.44. The van der Waals surface area contributed by atoms with Crippen LogP contribution in [0.3, 0.4) is 0 Å². The van der Waals surface area contributed by atoms with E-state index in [0.717, 1.165) is 45.1 Å². The fourth-order valence-corrected chi connectivity index (χ4v) is 3.47. The Morgan fingerprint density at radius 2 is 1.92 bits per heavy atom. The Hall–Kier alpha value is -1.34. The summed E-state index contributed by atoms with van der Waals surface area (Å²) in [6, 6.07) is 2.79. The number of piperidine rings is 1. The number of hydrogen-bond acceptors (Lipinski definition) is 4. The van der Waals surface area contributed by atoms with Crippen LogP contribution in [0.1, 0.15) is 37.9 Å². The maximum absolute atomic E-state index is 13.1. The first-order valence-electron chi connectivity index (χ1n) is 8.39. The minimum atomic E-state index is -4.46. The second-order valence-corrected chi connectivity index (χ2v) is 7.57. The summed E-state index contributed by atoms with van der Waals surface area (Å²) >= 11 is 0. The second-order valence-electron chi connectivity index (χ2n) is 7.57. The molecule has 1 aromatic rings. The lowest BCUT2D eigenvalue weighted by Gasteiger charge is -2.46. The average molecular weight is 343 g/mol. The summed E-state index contributed by atoms with van der Waals surface area (Å²) in [5, 5.41) is 3.21. The van der Waals surface area contributed by atoms with E-state index in [9.17, 15) is 13.2 Å².